The lowest BCUT2D eigenvalue weighted by Gasteiger charge is -2.59. The second-order valence-electron chi connectivity index (χ2n) is 9.97. The standard InChI is InChI=1S/C23H32O7/c1-5-23(28)19(26)18(25)17-16-14(7-9-22(17,23)3)21(2)8-6-13(30-20(27)29-4)10-12(21)11-15(16)24/h1,11,13-18,20,24-25,27-28H,6-10H2,2-4H3/t13-,14?,15+,16?,17?,18-,20?,21+,22+,23+/m1/s1. The molecule has 0 radical (unpaired) electrons. The highest BCUT2D eigenvalue weighted by atomic mass is 16.8. The lowest BCUT2D eigenvalue weighted by Crippen LogP contribution is -2.58. The van der Waals surface area contributed by atoms with Crippen LogP contribution in [0.4, 0.5) is 0 Å². The van der Waals surface area contributed by atoms with Crippen LogP contribution in [0.15, 0.2) is 11.6 Å². The van der Waals surface area contributed by atoms with E-state index in [-0.39, 0.29) is 23.4 Å². The number of hydrogen-bond donors (Lipinski definition) is 4. The predicted octanol–water partition coefficient (Wildman–Crippen LogP) is 0.742. The van der Waals surface area contributed by atoms with Crippen molar-refractivity contribution in [3.8, 4) is 12.3 Å². The van der Waals surface area contributed by atoms with Gasteiger partial charge in [-0.3, -0.25) is 4.79 Å². The highest BCUT2D eigenvalue weighted by Crippen LogP contribution is 2.66. The molecule has 4 N–H and O–H groups in total. The number of terminal acetylenes is 1. The van der Waals surface area contributed by atoms with E-state index in [9.17, 15) is 25.2 Å². The third-order valence-corrected chi connectivity index (χ3v) is 8.85. The summed E-state index contributed by atoms with van der Waals surface area (Å²) in [6.07, 6.45) is 8.21. The molecule has 0 aliphatic heterocycles. The van der Waals surface area contributed by atoms with Gasteiger partial charge in [0.1, 0.15) is 6.10 Å². The molecule has 0 heterocycles. The largest absolute Gasteiger partial charge is 0.389 e. The monoisotopic (exact) mass is 420 g/mol. The Morgan fingerprint density at radius 1 is 1.27 bits per heavy atom. The number of carbonyl (C=O) groups is 1. The average Bonchev–Trinajstić information content (AvgIpc) is 2.87. The van der Waals surface area contributed by atoms with Crippen molar-refractivity contribution in [2.24, 2.45) is 28.6 Å². The fraction of sp³-hybridized carbons (Fsp3) is 0.783. The van der Waals surface area contributed by atoms with Crippen molar-refractivity contribution in [3.63, 3.8) is 0 Å². The molecule has 4 aliphatic carbocycles. The molecule has 30 heavy (non-hydrogen) atoms. The number of rotatable bonds is 3. The van der Waals surface area contributed by atoms with E-state index in [1.54, 1.807) is 6.92 Å². The molecule has 4 aliphatic rings. The van der Waals surface area contributed by atoms with Crippen LogP contribution < -0.4 is 0 Å². The van der Waals surface area contributed by atoms with Gasteiger partial charge in [-0.15, -0.1) is 6.42 Å². The minimum atomic E-state index is -2.02. The highest BCUT2D eigenvalue weighted by molar-refractivity contribution is 5.98. The number of aliphatic hydroxyl groups is 4. The fourth-order valence-corrected chi connectivity index (χ4v) is 7.10. The number of aliphatic hydroxyl groups excluding tert-OH is 3. The first kappa shape index (κ1) is 21.9. The Hall–Kier alpha value is -1.27. The molecular weight excluding hydrogens is 388 g/mol. The number of carbonyl (C=O) groups excluding carboxylic acids is 1. The first-order valence-electron chi connectivity index (χ1n) is 10.7. The maximum atomic E-state index is 12.8. The molecule has 0 amide bonds. The van der Waals surface area contributed by atoms with E-state index in [0.29, 0.717) is 19.3 Å². The van der Waals surface area contributed by atoms with Crippen molar-refractivity contribution >= 4 is 5.78 Å². The molecule has 0 aromatic rings. The maximum absolute atomic E-state index is 12.8. The van der Waals surface area contributed by atoms with E-state index in [2.05, 4.69) is 12.8 Å². The summed E-state index contributed by atoms with van der Waals surface area (Å²) in [6.45, 7) is 2.66. The molecule has 7 heteroatoms. The molecule has 4 unspecified atom stereocenters. The molecule has 0 spiro atoms. The Kier molecular flexibility index (Phi) is 5.21. The van der Waals surface area contributed by atoms with Crippen LogP contribution in [0.3, 0.4) is 0 Å². The number of Topliss-reactive ketones (excluding diaryl/α,β-unsaturated/α-hetero) is 1. The zero-order valence-corrected chi connectivity index (χ0v) is 17.7. The third kappa shape index (κ3) is 2.72. The van der Waals surface area contributed by atoms with Crippen molar-refractivity contribution in [2.45, 2.75) is 76.3 Å². The molecule has 10 atom stereocenters. The SMILES string of the molecule is C#C[C@]1(O)C(=O)[C@H](O)C2C3C(CC[C@@]21C)[C@@]1(C)CC[C@@H](OC(O)OC)CC1=C[C@@H]3O. The van der Waals surface area contributed by atoms with Gasteiger partial charge in [0.2, 0.25) is 5.78 Å². The zero-order chi connectivity index (χ0) is 22.1. The smallest absolute Gasteiger partial charge is 0.269 e. The van der Waals surface area contributed by atoms with Crippen LogP contribution in [0.2, 0.25) is 0 Å². The predicted molar refractivity (Wildman–Crippen MR) is 107 cm³/mol. The molecule has 3 saturated carbocycles. The highest BCUT2D eigenvalue weighted by Gasteiger charge is 2.72. The van der Waals surface area contributed by atoms with Crippen LogP contribution in [0, 0.1) is 40.9 Å². The molecule has 0 aromatic carbocycles. The van der Waals surface area contributed by atoms with Gasteiger partial charge >= 0.3 is 0 Å². The molecule has 4 rings (SSSR count). The number of ketones is 1. The van der Waals surface area contributed by atoms with Gasteiger partial charge < -0.3 is 29.9 Å². The van der Waals surface area contributed by atoms with Crippen molar-refractivity contribution in [2.75, 3.05) is 7.11 Å². The summed E-state index contributed by atoms with van der Waals surface area (Å²) in [4.78, 5) is 12.8. The Morgan fingerprint density at radius 3 is 2.60 bits per heavy atom. The van der Waals surface area contributed by atoms with Gasteiger partial charge in [0.05, 0.1) is 12.2 Å². The summed E-state index contributed by atoms with van der Waals surface area (Å²) in [7, 11) is 1.37. The zero-order valence-electron chi connectivity index (χ0n) is 17.7. The summed E-state index contributed by atoms with van der Waals surface area (Å²) in [5.74, 6) is 0.593. The van der Waals surface area contributed by atoms with Crippen LogP contribution in [-0.4, -0.2) is 63.7 Å². The normalized spacial score (nSPS) is 51.3. The number of fused-ring (bicyclic) bond motifs is 5. The molecule has 3 fully saturated rings. The van der Waals surface area contributed by atoms with Gasteiger partial charge in [0, 0.05) is 18.4 Å². The Morgan fingerprint density at radius 2 is 1.97 bits per heavy atom. The van der Waals surface area contributed by atoms with E-state index in [0.717, 1.165) is 18.4 Å². The van der Waals surface area contributed by atoms with Gasteiger partial charge in [0.15, 0.2) is 5.60 Å². The van der Waals surface area contributed by atoms with E-state index < -0.39 is 41.4 Å². The molecule has 0 aromatic heterocycles. The van der Waals surface area contributed by atoms with E-state index >= 15 is 0 Å². The second kappa shape index (κ2) is 7.13. The first-order valence-corrected chi connectivity index (χ1v) is 10.7. The Balaban J connectivity index is 1.69. The van der Waals surface area contributed by atoms with Crippen molar-refractivity contribution in [3.05, 3.63) is 11.6 Å². The average molecular weight is 421 g/mol. The third-order valence-electron chi connectivity index (χ3n) is 8.85. The molecule has 166 valence electrons. The number of methoxy groups -OCH3 is 1. The first-order chi connectivity index (χ1) is 14.0. The van der Waals surface area contributed by atoms with Crippen LogP contribution in [0.1, 0.15) is 46.0 Å². The number of hydrogen-bond acceptors (Lipinski definition) is 7. The Bertz CT molecular complexity index is 802. The van der Waals surface area contributed by atoms with Crippen molar-refractivity contribution in [1.82, 2.24) is 0 Å². The van der Waals surface area contributed by atoms with Gasteiger partial charge in [-0.2, -0.15) is 0 Å². The second-order valence-corrected chi connectivity index (χ2v) is 9.97. The van der Waals surface area contributed by atoms with E-state index in [1.807, 2.05) is 6.08 Å². The minimum absolute atomic E-state index is 0.0430. The molecule has 0 bridgehead atoms. The number of ether oxygens (including phenoxy) is 2. The molecular formula is C23H32O7. The van der Waals surface area contributed by atoms with E-state index in [1.165, 1.54) is 7.11 Å². The molecule has 7 nitrogen and oxygen atoms in total. The Labute approximate surface area is 177 Å². The van der Waals surface area contributed by atoms with Crippen LogP contribution in [0.25, 0.3) is 0 Å². The quantitative estimate of drug-likeness (QED) is 0.302. The summed E-state index contributed by atoms with van der Waals surface area (Å²) >= 11 is 0. The van der Waals surface area contributed by atoms with Gasteiger partial charge in [-0.1, -0.05) is 31.4 Å². The van der Waals surface area contributed by atoms with E-state index in [4.69, 9.17) is 15.9 Å². The van der Waals surface area contributed by atoms with Crippen LogP contribution in [-0.2, 0) is 14.3 Å². The topological polar surface area (TPSA) is 116 Å². The minimum Gasteiger partial charge on any atom is -0.389 e. The van der Waals surface area contributed by atoms with Gasteiger partial charge in [0.25, 0.3) is 6.48 Å². The maximum Gasteiger partial charge on any atom is 0.269 e. The van der Waals surface area contributed by atoms with Crippen molar-refractivity contribution < 1.29 is 34.7 Å². The summed E-state index contributed by atoms with van der Waals surface area (Å²) in [6, 6.07) is 0. The van der Waals surface area contributed by atoms with Gasteiger partial charge in [-0.05, 0) is 49.4 Å². The molecule has 0 saturated heterocycles. The lowest BCUT2D eigenvalue weighted by atomic mass is 9.46. The van der Waals surface area contributed by atoms with Crippen LogP contribution >= 0.6 is 0 Å². The van der Waals surface area contributed by atoms with Crippen LogP contribution in [0.5, 0.6) is 0 Å². The summed E-state index contributed by atoms with van der Waals surface area (Å²) in [5, 5.41) is 42.6. The summed E-state index contributed by atoms with van der Waals surface area (Å²) in [5.41, 5.74) is -2.15. The fourth-order valence-electron chi connectivity index (χ4n) is 7.10. The lowest BCUT2D eigenvalue weighted by molar-refractivity contribution is -0.274. The van der Waals surface area contributed by atoms with Crippen molar-refractivity contribution in [1.29, 1.82) is 0 Å². The summed E-state index contributed by atoms with van der Waals surface area (Å²) < 4.78 is 10.3. The van der Waals surface area contributed by atoms with Gasteiger partial charge in [-0.25, -0.2) is 0 Å².